The minimum atomic E-state index is -1.39. The molecule has 3 aliphatic rings. The second-order valence-electron chi connectivity index (χ2n) is 10.2. The molecule has 7 rings (SSSR count). The fourth-order valence-electron chi connectivity index (χ4n) is 6.78. The quantitative estimate of drug-likeness (QED) is 0.316. The number of anilines is 2. The van der Waals surface area contributed by atoms with Crippen molar-refractivity contribution in [1.82, 2.24) is 0 Å². The van der Waals surface area contributed by atoms with Crippen LogP contribution in [0.2, 0.25) is 5.02 Å². The number of benzene rings is 3. The van der Waals surface area contributed by atoms with Crippen LogP contribution in [0, 0.1) is 5.92 Å². The molecule has 192 valence electrons. The second kappa shape index (κ2) is 8.55. The third-order valence-electron chi connectivity index (χ3n) is 8.34. The minimum Gasteiger partial charge on any atom is -0.461 e. The summed E-state index contributed by atoms with van der Waals surface area (Å²) in [5, 5.41) is 3.32. The fraction of sp³-hybridized carbons (Fsp3) is 0.156. The van der Waals surface area contributed by atoms with E-state index in [0.717, 1.165) is 16.8 Å². The number of hydrogen-bond acceptors (Lipinski definition) is 5. The number of hydrogen-bond donors (Lipinski definition) is 1. The lowest BCUT2D eigenvalue weighted by Crippen LogP contribution is -2.51. The van der Waals surface area contributed by atoms with Crippen LogP contribution in [0.1, 0.15) is 39.0 Å². The first-order chi connectivity index (χ1) is 18.9. The first-order valence-corrected chi connectivity index (χ1v) is 13.2. The zero-order chi connectivity index (χ0) is 26.9. The van der Waals surface area contributed by atoms with Gasteiger partial charge in [0.25, 0.3) is 0 Å². The Morgan fingerprint density at radius 2 is 1.67 bits per heavy atom. The maximum absolute atomic E-state index is 14.6. The highest BCUT2D eigenvalue weighted by Crippen LogP contribution is 2.59. The summed E-state index contributed by atoms with van der Waals surface area (Å²) in [6.07, 6.45) is 3.45. The molecule has 1 amide bonds. The summed E-state index contributed by atoms with van der Waals surface area (Å²) in [6.45, 7) is 2.00. The number of nitrogens with one attached hydrogen (secondary N) is 1. The van der Waals surface area contributed by atoms with E-state index in [2.05, 4.69) is 5.32 Å². The summed E-state index contributed by atoms with van der Waals surface area (Å²) in [7, 11) is 0. The van der Waals surface area contributed by atoms with Crippen molar-refractivity contribution in [3.05, 3.63) is 125 Å². The summed E-state index contributed by atoms with van der Waals surface area (Å²) in [5.41, 5.74) is 2.93. The van der Waals surface area contributed by atoms with Crippen LogP contribution in [0.3, 0.4) is 0 Å². The van der Waals surface area contributed by atoms with E-state index in [1.807, 2.05) is 66.4 Å². The molecule has 6 nitrogen and oxygen atoms in total. The van der Waals surface area contributed by atoms with Gasteiger partial charge in [0.2, 0.25) is 11.7 Å². The molecule has 3 aromatic carbocycles. The van der Waals surface area contributed by atoms with E-state index in [0.29, 0.717) is 16.8 Å². The molecule has 0 unspecified atom stereocenters. The Hall–Kier alpha value is -4.42. The third kappa shape index (κ3) is 3.12. The molecule has 4 aromatic rings. The van der Waals surface area contributed by atoms with Gasteiger partial charge < -0.3 is 14.6 Å². The largest absolute Gasteiger partial charge is 0.461 e. The van der Waals surface area contributed by atoms with E-state index in [-0.39, 0.29) is 22.5 Å². The van der Waals surface area contributed by atoms with E-state index in [1.54, 1.807) is 36.4 Å². The minimum absolute atomic E-state index is 0.0994. The highest BCUT2D eigenvalue weighted by Gasteiger charge is 2.70. The average molecular weight is 535 g/mol. The zero-order valence-electron chi connectivity index (χ0n) is 20.9. The Morgan fingerprint density at radius 3 is 2.46 bits per heavy atom. The maximum atomic E-state index is 14.6. The molecular weight excluding hydrogens is 512 g/mol. The van der Waals surface area contributed by atoms with Gasteiger partial charge in [-0.05, 0) is 54.5 Å². The van der Waals surface area contributed by atoms with Gasteiger partial charge in [0.15, 0.2) is 11.5 Å². The highest BCUT2D eigenvalue weighted by molar-refractivity contribution is 6.34. The van der Waals surface area contributed by atoms with Crippen LogP contribution < -0.4 is 10.2 Å². The lowest BCUT2D eigenvalue weighted by molar-refractivity contribution is -0.121. The molecule has 1 fully saturated rings. The predicted octanol–water partition coefficient (Wildman–Crippen LogP) is 6.18. The van der Waals surface area contributed by atoms with Gasteiger partial charge in [-0.15, -0.1) is 0 Å². The molecule has 39 heavy (non-hydrogen) atoms. The molecule has 1 aromatic heterocycles. The average Bonchev–Trinajstić information content (AvgIpc) is 3.66. The molecule has 0 saturated carbocycles. The van der Waals surface area contributed by atoms with Crippen LogP contribution in [0.4, 0.5) is 11.4 Å². The number of ketones is 2. The van der Waals surface area contributed by atoms with Gasteiger partial charge >= 0.3 is 0 Å². The van der Waals surface area contributed by atoms with Crippen LogP contribution in [0.25, 0.3) is 5.57 Å². The van der Waals surface area contributed by atoms with Crippen LogP contribution in [-0.4, -0.2) is 29.6 Å². The Labute approximate surface area is 229 Å². The van der Waals surface area contributed by atoms with Gasteiger partial charge in [-0.25, -0.2) is 0 Å². The monoisotopic (exact) mass is 534 g/mol. The summed E-state index contributed by atoms with van der Waals surface area (Å²) >= 11 is 6.55. The van der Waals surface area contributed by atoms with Crippen LogP contribution in [0.5, 0.6) is 0 Å². The summed E-state index contributed by atoms with van der Waals surface area (Å²) in [6, 6.07) is 23.6. The molecule has 4 heterocycles. The molecule has 1 spiro atoms. The molecule has 1 saturated heterocycles. The summed E-state index contributed by atoms with van der Waals surface area (Å²) in [5.74, 6) is -2.05. The van der Waals surface area contributed by atoms with Gasteiger partial charge in [-0.2, -0.15) is 0 Å². The first kappa shape index (κ1) is 23.7. The van der Waals surface area contributed by atoms with Crippen LogP contribution in [0.15, 0.2) is 102 Å². The number of rotatable bonds is 4. The number of Topliss-reactive ketones (excluding diaryl/α,β-unsaturated/α-hetero) is 2. The van der Waals surface area contributed by atoms with Gasteiger partial charge in [-0.1, -0.05) is 66.2 Å². The number of furan rings is 1. The fourth-order valence-corrected chi connectivity index (χ4v) is 7.01. The molecule has 0 aliphatic carbocycles. The normalized spacial score (nSPS) is 24.6. The van der Waals surface area contributed by atoms with Gasteiger partial charge in [0.05, 0.1) is 23.2 Å². The lowest BCUT2D eigenvalue weighted by Gasteiger charge is -2.39. The van der Waals surface area contributed by atoms with E-state index in [4.69, 9.17) is 16.0 Å². The van der Waals surface area contributed by atoms with Crippen molar-refractivity contribution in [3.63, 3.8) is 0 Å². The third-order valence-corrected chi connectivity index (χ3v) is 8.67. The summed E-state index contributed by atoms with van der Waals surface area (Å²) in [4.78, 5) is 45.3. The van der Waals surface area contributed by atoms with Crippen molar-refractivity contribution in [2.45, 2.75) is 24.4 Å². The van der Waals surface area contributed by atoms with Crippen molar-refractivity contribution >= 4 is 46.0 Å². The van der Waals surface area contributed by atoms with Crippen molar-refractivity contribution in [2.75, 3.05) is 10.2 Å². The number of carbonyl (C=O) groups excluding carboxylic acids is 3. The molecule has 3 aliphatic heterocycles. The number of allylic oxidation sites excluding steroid dienone is 1. The van der Waals surface area contributed by atoms with Crippen LogP contribution in [-0.2, 0) is 10.2 Å². The Kier molecular flexibility index (Phi) is 5.19. The number of amides is 1. The predicted molar refractivity (Wildman–Crippen MR) is 149 cm³/mol. The number of halogens is 1. The number of fused-ring (bicyclic) bond motifs is 6. The Balaban J connectivity index is 1.57. The SMILES string of the molecule is CC1=C[C@@H]2N(c3ccccc31)[C@H](C(=O)c1ccccc1Cl)[C@H](C(=O)c1ccco1)[C@@]21C(=O)Nc2ccccc21. The number of para-hydroxylation sites is 2. The van der Waals surface area contributed by atoms with E-state index in [9.17, 15) is 14.4 Å². The smallest absolute Gasteiger partial charge is 0.238 e. The van der Waals surface area contributed by atoms with E-state index < -0.39 is 29.2 Å². The van der Waals surface area contributed by atoms with Gasteiger partial charge in [0.1, 0.15) is 11.5 Å². The zero-order valence-corrected chi connectivity index (χ0v) is 21.7. The molecule has 0 radical (unpaired) electrons. The Morgan fingerprint density at radius 1 is 0.923 bits per heavy atom. The van der Waals surface area contributed by atoms with Gasteiger partial charge in [0, 0.05) is 22.5 Å². The second-order valence-corrected chi connectivity index (χ2v) is 10.6. The Bertz CT molecular complexity index is 1710. The van der Waals surface area contributed by atoms with E-state index >= 15 is 0 Å². The topological polar surface area (TPSA) is 79.6 Å². The van der Waals surface area contributed by atoms with Crippen LogP contribution >= 0.6 is 11.6 Å². The van der Waals surface area contributed by atoms with E-state index in [1.165, 1.54) is 6.26 Å². The maximum Gasteiger partial charge on any atom is 0.238 e. The van der Waals surface area contributed by atoms with Gasteiger partial charge in [-0.3, -0.25) is 14.4 Å². The van der Waals surface area contributed by atoms with Crippen molar-refractivity contribution in [1.29, 1.82) is 0 Å². The highest BCUT2D eigenvalue weighted by atomic mass is 35.5. The van der Waals surface area contributed by atoms with Crippen molar-refractivity contribution < 1.29 is 18.8 Å². The number of carbonyl (C=O) groups is 3. The molecule has 1 N–H and O–H groups in total. The van der Waals surface area contributed by atoms with Crippen molar-refractivity contribution in [2.24, 2.45) is 5.92 Å². The number of nitrogens with zero attached hydrogens (tertiary/aromatic N) is 1. The molecule has 4 atom stereocenters. The lowest BCUT2D eigenvalue weighted by atomic mass is 9.64. The molecule has 7 heteroatoms. The van der Waals surface area contributed by atoms with Crippen molar-refractivity contribution in [3.8, 4) is 0 Å². The molecular formula is C32H23ClN2O4. The first-order valence-electron chi connectivity index (χ1n) is 12.8. The summed E-state index contributed by atoms with van der Waals surface area (Å²) < 4.78 is 5.58. The standard InChI is InChI=1S/C32H23ClN2O4/c1-18-17-26-32(21-11-4-6-13-23(21)34-31(32)38)27(30(37)25-15-8-16-39-25)28(29(36)20-10-2-5-12-22(20)33)35(26)24-14-7-3-9-19(18)24/h2-17,26-28H,1H3,(H,34,38)/t26-,27+,28-,32-/m0/s1. The molecule has 0 bridgehead atoms.